The van der Waals surface area contributed by atoms with E-state index in [0.717, 1.165) is 31.4 Å². The summed E-state index contributed by atoms with van der Waals surface area (Å²) in [5.41, 5.74) is 3.29. The third kappa shape index (κ3) is 3.13. The van der Waals surface area contributed by atoms with Crippen LogP contribution in [-0.2, 0) is 0 Å². The average Bonchev–Trinajstić information content (AvgIpc) is 3.12. The molecular weight excluding hydrogens is 336 g/mol. The first-order valence-corrected chi connectivity index (χ1v) is 9.25. The number of amides is 2. The Morgan fingerprint density at radius 2 is 1.88 bits per heavy atom. The van der Waals surface area contributed by atoms with E-state index >= 15 is 0 Å². The first-order valence-electron chi connectivity index (χ1n) is 8.87. The quantitative estimate of drug-likeness (QED) is 0.855. The van der Waals surface area contributed by atoms with Gasteiger partial charge in [0.25, 0.3) is 0 Å². The lowest BCUT2D eigenvalue weighted by Gasteiger charge is -2.38. The van der Waals surface area contributed by atoms with Crippen molar-refractivity contribution < 1.29 is 4.79 Å². The standard InChI is InChI=1S/C19H23ClN4O/c1-12-3-4-15(7-13(12)2)22-19(25)24-16-5-6-17(24)9-18(8-16)23-11-14(20)10-21-23/h3-4,7,10-11,16-18H,5-6,8-9H2,1-2H3,(H,22,25). The molecule has 2 bridgehead atoms. The van der Waals surface area contributed by atoms with Crippen LogP contribution < -0.4 is 5.32 Å². The zero-order chi connectivity index (χ0) is 17.6. The lowest BCUT2D eigenvalue weighted by atomic mass is 9.98. The molecular formula is C19H23ClN4O. The minimum absolute atomic E-state index is 0.0210. The molecule has 1 N–H and O–H groups in total. The van der Waals surface area contributed by atoms with Crippen LogP contribution in [0.2, 0.25) is 5.02 Å². The summed E-state index contributed by atoms with van der Waals surface area (Å²) in [4.78, 5) is 14.9. The van der Waals surface area contributed by atoms with Crippen molar-refractivity contribution in [1.82, 2.24) is 14.7 Å². The van der Waals surface area contributed by atoms with Crippen LogP contribution >= 0.6 is 11.6 Å². The molecule has 0 radical (unpaired) electrons. The molecule has 2 atom stereocenters. The third-order valence-corrected chi connectivity index (χ3v) is 5.84. The number of benzene rings is 1. The zero-order valence-electron chi connectivity index (χ0n) is 14.6. The number of carbonyl (C=O) groups excluding carboxylic acids is 1. The van der Waals surface area contributed by atoms with Crippen molar-refractivity contribution in [3.63, 3.8) is 0 Å². The van der Waals surface area contributed by atoms with Gasteiger partial charge in [-0.1, -0.05) is 17.7 Å². The smallest absolute Gasteiger partial charge is 0.318 e. The van der Waals surface area contributed by atoms with E-state index in [9.17, 15) is 4.79 Å². The highest BCUT2D eigenvalue weighted by Gasteiger charge is 2.44. The number of anilines is 1. The van der Waals surface area contributed by atoms with Crippen molar-refractivity contribution in [2.45, 2.75) is 57.7 Å². The molecule has 4 rings (SSSR count). The van der Waals surface area contributed by atoms with Crippen LogP contribution in [0.5, 0.6) is 0 Å². The fraction of sp³-hybridized carbons (Fsp3) is 0.474. The van der Waals surface area contributed by atoms with Crippen molar-refractivity contribution >= 4 is 23.3 Å². The van der Waals surface area contributed by atoms with Crippen molar-refractivity contribution in [3.8, 4) is 0 Å². The number of nitrogens with zero attached hydrogens (tertiary/aromatic N) is 3. The molecule has 25 heavy (non-hydrogen) atoms. The van der Waals surface area contributed by atoms with E-state index in [1.165, 1.54) is 11.1 Å². The van der Waals surface area contributed by atoms with E-state index in [-0.39, 0.29) is 18.1 Å². The molecule has 2 aromatic rings. The minimum Gasteiger partial charge on any atom is -0.318 e. The fourth-order valence-electron chi connectivity index (χ4n) is 4.22. The normalized spacial score (nSPS) is 25.2. The van der Waals surface area contributed by atoms with Gasteiger partial charge in [0.05, 0.1) is 17.3 Å². The highest BCUT2D eigenvalue weighted by Crippen LogP contribution is 2.41. The highest BCUT2D eigenvalue weighted by atomic mass is 35.5. The molecule has 2 saturated heterocycles. The van der Waals surface area contributed by atoms with Gasteiger partial charge in [-0.25, -0.2) is 4.79 Å². The van der Waals surface area contributed by atoms with E-state index in [0.29, 0.717) is 11.1 Å². The van der Waals surface area contributed by atoms with Gasteiger partial charge in [-0.15, -0.1) is 0 Å². The fourth-order valence-corrected chi connectivity index (χ4v) is 4.36. The molecule has 2 amide bonds. The summed E-state index contributed by atoms with van der Waals surface area (Å²) in [5.74, 6) is 0. The first kappa shape index (κ1) is 16.5. The van der Waals surface area contributed by atoms with Crippen LogP contribution in [-0.4, -0.2) is 32.8 Å². The van der Waals surface area contributed by atoms with Gasteiger partial charge >= 0.3 is 6.03 Å². The highest BCUT2D eigenvalue weighted by molar-refractivity contribution is 6.30. The molecule has 132 valence electrons. The Morgan fingerprint density at radius 3 is 2.48 bits per heavy atom. The summed E-state index contributed by atoms with van der Waals surface area (Å²) in [5, 5.41) is 8.11. The van der Waals surface area contributed by atoms with E-state index in [4.69, 9.17) is 11.6 Å². The Balaban J connectivity index is 1.46. The SMILES string of the molecule is Cc1ccc(NC(=O)N2C3CCC2CC(n2cc(Cl)cn2)C3)cc1C. The number of hydrogen-bond donors (Lipinski definition) is 1. The maximum absolute atomic E-state index is 12.8. The summed E-state index contributed by atoms with van der Waals surface area (Å²) in [6, 6.07) is 6.96. The van der Waals surface area contributed by atoms with Gasteiger partial charge in [0.1, 0.15) is 0 Å². The van der Waals surface area contributed by atoms with Gasteiger partial charge in [0.15, 0.2) is 0 Å². The van der Waals surface area contributed by atoms with Gasteiger partial charge in [-0.05, 0) is 62.8 Å². The molecule has 2 unspecified atom stereocenters. The Morgan fingerprint density at radius 1 is 1.16 bits per heavy atom. The number of hydrogen-bond acceptors (Lipinski definition) is 2. The predicted molar refractivity (Wildman–Crippen MR) is 99.1 cm³/mol. The Kier molecular flexibility index (Phi) is 4.20. The summed E-state index contributed by atoms with van der Waals surface area (Å²) in [6.07, 6.45) is 7.58. The summed E-state index contributed by atoms with van der Waals surface area (Å²) < 4.78 is 1.96. The van der Waals surface area contributed by atoms with Gasteiger partial charge in [-0.2, -0.15) is 5.10 Å². The predicted octanol–water partition coefficient (Wildman–Crippen LogP) is 4.55. The number of aryl methyl sites for hydroxylation is 2. The van der Waals surface area contributed by atoms with E-state index in [2.05, 4.69) is 29.2 Å². The number of carbonyl (C=O) groups is 1. The molecule has 0 spiro atoms. The second kappa shape index (κ2) is 6.37. The topological polar surface area (TPSA) is 50.2 Å². The maximum atomic E-state index is 12.8. The van der Waals surface area contributed by atoms with Gasteiger partial charge in [-0.3, -0.25) is 4.68 Å². The summed E-state index contributed by atoms with van der Waals surface area (Å²) in [6.45, 7) is 4.14. The lowest BCUT2D eigenvalue weighted by Crippen LogP contribution is -2.48. The first-order chi connectivity index (χ1) is 12.0. The maximum Gasteiger partial charge on any atom is 0.322 e. The largest absolute Gasteiger partial charge is 0.322 e. The third-order valence-electron chi connectivity index (χ3n) is 5.65. The van der Waals surface area contributed by atoms with Crippen LogP contribution in [0.4, 0.5) is 10.5 Å². The molecule has 1 aromatic carbocycles. The second-order valence-corrected chi connectivity index (χ2v) is 7.72. The summed E-state index contributed by atoms with van der Waals surface area (Å²) >= 11 is 6.00. The molecule has 5 nitrogen and oxygen atoms in total. The van der Waals surface area contributed by atoms with E-state index < -0.39 is 0 Å². The Labute approximate surface area is 153 Å². The number of nitrogens with one attached hydrogen (secondary N) is 1. The minimum atomic E-state index is 0.0210. The van der Waals surface area contributed by atoms with Crippen LogP contribution in [0.25, 0.3) is 0 Å². The van der Waals surface area contributed by atoms with E-state index in [1.54, 1.807) is 6.20 Å². The Hall–Kier alpha value is -2.01. The summed E-state index contributed by atoms with van der Waals surface area (Å²) in [7, 11) is 0. The monoisotopic (exact) mass is 358 g/mol. The van der Waals surface area contributed by atoms with Crippen LogP contribution in [0.3, 0.4) is 0 Å². The van der Waals surface area contributed by atoms with Gasteiger partial charge < -0.3 is 10.2 Å². The van der Waals surface area contributed by atoms with Crippen molar-refractivity contribution in [3.05, 3.63) is 46.7 Å². The number of urea groups is 1. The molecule has 2 aliphatic rings. The number of aromatic nitrogens is 2. The Bertz CT molecular complexity index is 788. The number of rotatable bonds is 2. The number of halogens is 1. The van der Waals surface area contributed by atoms with Crippen molar-refractivity contribution in [2.24, 2.45) is 0 Å². The molecule has 2 aliphatic heterocycles. The molecule has 3 heterocycles. The van der Waals surface area contributed by atoms with Crippen LogP contribution in [0.15, 0.2) is 30.6 Å². The van der Waals surface area contributed by atoms with Crippen LogP contribution in [0.1, 0.15) is 42.9 Å². The average molecular weight is 359 g/mol. The number of fused-ring (bicyclic) bond motifs is 2. The lowest BCUT2D eigenvalue weighted by molar-refractivity contribution is 0.129. The van der Waals surface area contributed by atoms with Gasteiger partial charge in [0, 0.05) is 24.0 Å². The number of piperidine rings is 1. The molecule has 6 heteroatoms. The molecule has 1 aromatic heterocycles. The van der Waals surface area contributed by atoms with Gasteiger partial charge in [0.2, 0.25) is 0 Å². The van der Waals surface area contributed by atoms with E-state index in [1.807, 2.05) is 29.1 Å². The molecule has 2 fully saturated rings. The molecule has 0 saturated carbocycles. The van der Waals surface area contributed by atoms with Crippen molar-refractivity contribution in [1.29, 1.82) is 0 Å². The van der Waals surface area contributed by atoms with Crippen LogP contribution in [0, 0.1) is 13.8 Å². The van der Waals surface area contributed by atoms with Crippen molar-refractivity contribution in [2.75, 3.05) is 5.32 Å². The second-order valence-electron chi connectivity index (χ2n) is 7.29. The zero-order valence-corrected chi connectivity index (χ0v) is 15.3. The molecule has 0 aliphatic carbocycles.